The zero-order valence-electron chi connectivity index (χ0n) is 17.0. The van der Waals surface area contributed by atoms with Gasteiger partial charge in [0.1, 0.15) is 16.1 Å². The minimum Gasteiger partial charge on any atom is -0.263 e. The van der Waals surface area contributed by atoms with E-state index in [1.165, 1.54) is 0 Å². The van der Waals surface area contributed by atoms with Crippen molar-refractivity contribution in [1.29, 1.82) is 0 Å². The van der Waals surface area contributed by atoms with Crippen molar-refractivity contribution < 1.29 is 0 Å². The van der Waals surface area contributed by atoms with Gasteiger partial charge >= 0.3 is 0 Å². The molecule has 0 N–H and O–H groups in total. The number of rotatable bonds is 6. The molecular weight excluding hydrogens is 414 g/mol. The SMILES string of the molecule is Cc1ccn(C(C)c2nnc(Cc3nn(Cc4csc(C)n4)c4ccccc34)s2)n1. The van der Waals surface area contributed by atoms with Gasteiger partial charge in [0.15, 0.2) is 0 Å². The average molecular weight is 436 g/mol. The molecule has 0 bridgehead atoms. The molecule has 1 aromatic carbocycles. The number of para-hydroxylation sites is 1. The van der Waals surface area contributed by atoms with Crippen LogP contribution in [-0.4, -0.2) is 34.7 Å². The number of fused-ring (bicyclic) bond motifs is 1. The Morgan fingerprint density at radius 1 is 1.07 bits per heavy atom. The lowest BCUT2D eigenvalue weighted by atomic mass is 10.2. The quantitative estimate of drug-likeness (QED) is 0.395. The molecule has 30 heavy (non-hydrogen) atoms. The van der Waals surface area contributed by atoms with E-state index >= 15 is 0 Å². The predicted octanol–water partition coefficient (Wildman–Crippen LogP) is 4.41. The second-order valence-corrected chi connectivity index (χ2v) is 9.46. The summed E-state index contributed by atoms with van der Waals surface area (Å²) >= 11 is 3.29. The van der Waals surface area contributed by atoms with Crippen LogP contribution in [0.5, 0.6) is 0 Å². The Morgan fingerprint density at radius 2 is 1.93 bits per heavy atom. The van der Waals surface area contributed by atoms with Gasteiger partial charge in [-0.2, -0.15) is 10.2 Å². The Bertz CT molecular complexity index is 1310. The van der Waals surface area contributed by atoms with E-state index in [1.807, 2.05) is 41.5 Å². The van der Waals surface area contributed by atoms with Crippen LogP contribution in [0.25, 0.3) is 10.9 Å². The number of aromatic nitrogens is 7. The van der Waals surface area contributed by atoms with Crippen LogP contribution >= 0.6 is 22.7 Å². The molecule has 1 atom stereocenters. The summed E-state index contributed by atoms with van der Waals surface area (Å²) in [6.07, 6.45) is 2.64. The van der Waals surface area contributed by atoms with E-state index in [2.05, 4.69) is 50.8 Å². The van der Waals surface area contributed by atoms with Crippen LogP contribution in [0, 0.1) is 13.8 Å². The molecule has 4 heterocycles. The summed E-state index contributed by atoms with van der Waals surface area (Å²) in [6, 6.07) is 10.4. The maximum absolute atomic E-state index is 4.91. The van der Waals surface area contributed by atoms with Crippen LogP contribution in [0.2, 0.25) is 0 Å². The lowest BCUT2D eigenvalue weighted by Crippen LogP contribution is -2.07. The smallest absolute Gasteiger partial charge is 0.141 e. The number of nitrogens with zero attached hydrogens (tertiary/aromatic N) is 7. The first-order chi connectivity index (χ1) is 14.6. The molecule has 5 rings (SSSR count). The second-order valence-electron chi connectivity index (χ2n) is 7.30. The standard InChI is InChI=1S/C21H21N7S2/c1-13-8-9-27(25-13)14(2)21-24-23-20(30-21)10-18-17-6-4-5-7-19(17)28(26-18)11-16-12-29-15(3)22-16/h4-9,12,14H,10-11H2,1-3H3. The lowest BCUT2D eigenvalue weighted by Gasteiger charge is -2.07. The highest BCUT2D eigenvalue weighted by atomic mass is 32.1. The molecule has 0 saturated heterocycles. The van der Waals surface area contributed by atoms with Crippen LogP contribution in [0.4, 0.5) is 0 Å². The number of benzene rings is 1. The fourth-order valence-electron chi connectivity index (χ4n) is 3.49. The Kier molecular flexibility index (Phi) is 4.92. The van der Waals surface area contributed by atoms with Crippen molar-refractivity contribution in [3.05, 3.63) is 74.0 Å². The Hall–Kier alpha value is -2.91. The highest BCUT2D eigenvalue weighted by Crippen LogP contribution is 2.26. The van der Waals surface area contributed by atoms with Crippen molar-refractivity contribution in [2.24, 2.45) is 0 Å². The summed E-state index contributed by atoms with van der Waals surface area (Å²) in [5.74, 6) is 0. The van der Waals surface area contributed by atoms with Gasteiger partial charge in [-0.25, -0.2) is 4.98 Å². The van der Waals surface area contributed by atoms with Crippen molar-refractivity contribution in [2.45, 2.75) is 39.8 Å². The topological polar surface area (TPSA) is 74.3 Å². The summed E-state index contributed by atoms with van der Waals surface area (Å²) in [5, 5.41) is 24.5. The zero-order chi connectivity index (χ0) is 20.7. The fourth-order valence-corrected chi connectivity index (χ4v) is 4.99. The highest BCUT2D eigenvalue weighted by molar-refractivity contribution is 7.11. The van der Waals surface area contributed by atoms with Crippen LogP contribution in [0.3, 0.4) is 0 Å². The van der Waals surface area contributed by atoms with E-state index in [0.29, 0.717) is 13.0 Å². The van der Waals surface area contributed by atoms with E-state index in [1.54, 1.807) is 22.7 Å². The highest BCUT2D eigenvalue weighted by Gasteiger charge is 2.17. The van der Waals surface area contributed by atoms with Gasteiger partial charge in [0.25, 0.3) is 0 Å². The number of hydrogen-bond donors (Lipinski definition) is 0. The number of thiazole rings is 1. The lowest BCUT2D eigenvalue weighted by molar-refractivity contribution is 0.553. The van der Waals surface area contributed by atoms with Crippen molar-refractivity contribution in [1.82, 2.24) is 34.7 Å². The third-order valence-corrected chi connectivity index (χ3v) is 6.93. The van der Waals surface area contributed by atoms with Crippen molar-refractivity contribution in [2.75, 3.05) is 0 Å². The van der Waals surface area contributed by atoms with E-state index < -0.39 is 0 Å². The fraction of sp³-hybridized carbons (Fsp3) is 0.286. The van der Waals surface area contributed by atoms with Gasteiger partial charge < -0.3 is 0 Å². The van der Waals surface area contributed by atoms with Gasteiger partial charge in [-0.1, -0.05) is 29.5 Å². The maximum atomic E-state index is 4.91. The third-order valence-electron chi connectivity index (χ3n) is 5.01. The summed E-state index contributed by atoms with van der Waals surface area (Å²) in [7, 11) is 0. The molecule has 1 unspecified atom stereocenters. The molecule has 0 saturated carbocycles. The van der Waals surface area contributed by atoms with Gasteiger partial charge in [0, 0.05) is 23.4 Å². The molecule has 4 aromatic heterocycles. The van der Waals surface area contributed by atoms with Crippen molar-refractivity contribution in [3.8, 4) is 0 Å². The Balaban J connectivity index is 1.42. The minimum atomic E-state index is 0.0622. The minimum absolute atomic E-state index is 0.0622. The van der Waals surface area contributed by atoms with E-state index in [4.69, 9.17) is 5.10 Å². The van der Waals surface area contributed by atoms with Crippen LogP contribution in [-0.2, 0) is 13.0 Å². The molecule has 0 aliphatic heterocycles. The number of aryl methyl sites for hydroxylation is 2. The average Bonchev–Trinajstić information content (AvgIpc) is 3.52. The Labute approximate surface area is 182 Å². The summed E-state index contributed by atoms with van der Waals surface area (Å²) in [5.41, 5.74) is 4.17. The third kappa shape index (κ3) is 3.66. The summed E-state index contributed by atoms with van der Waals surface area (Å²) in [4.78, 5) is 4.59. The van der Waals surface area contributed by atoms with E-state index in [-0.39, 0.29) is 6.04 Å². The monoisotopic (exact) mass is 435 g/mol. The molecule has 152 valence electrons. The van der Waals surface area contributed by atoms with Gasteiger partial charge in [-0.15, -0.1) is 21.5 Å². The second kappa shape index (κ2) is 7.73. The van der Waals surface area contributed by atoms with Crippen molar-refractivity contribution in [3.63, 3.8) is 0 Å². The van der Waals surface area contributed by atoms with Gasteiger partial charge in [-0.3, -0.25) is 9.36 Å². The van der Waals surface area contributed by atoms with E-state index in [0.717, 1.165) is 43.0 Å². The maximum Gasteiger partial charge on any atom is 0.141 e. The largest absolute Gasteiger partial charge is 0.263 e. The molecular formula is C21H21N7S2. The zero-order valence-corrected chi connectivity index (χ0v) is 18.6. The van der Waals surface area contributed by atoms with Gasteiger partial charge in [0.05, 0.1) is 34.2 Å². The van der Waals surface area contributed by atoms with Crippen LogP contribution < -0.4 is 0 Å². The first kappa shape index (κ1) is 19.1. The van der Waals surface area contributed by atoms with Crippen molar-refractivity contribution >= 4 is 33.6 Å². The predicted molar refractivity (Wildman–Crippen MR) is 119 cm³/mol. The molecule has 5 aromatic rings. The summed E-state index contributed by atoms with van der Waals surface area (Å²) < 4.78 is 3.97. The van der Waals surface area contributed by atoms with E-state index in [9.17, 15) is 0 Å². The van der Waals surface area contributed by atoms with Crippen LogP contribution in [0.1, 0.15) is 45.1 Å². The van der Waals surface area contributed by atoms with Gasteiger partial charge in [-0.05, 0) is 32.9 Å². The first-order valence-electron chi connectivity index (χ1n) is 9.76. The Morgan fingerprint density at radius 3 is 2.70 bits per heavy atom. The molecule has 7 nitrogen and oxygen atoms in total. The summed E-state index contributed by atoms with van der Waals surface area (Å²) in [6.45, 7) is 6.78. The van der Waals surface area contributed by atoms with Gasteiger partial charge in [0.2, 0.25) is 0 Å². The number of hydrogen-bond acceptors (Lipinski definition) is 7. The molecule has 0 amide bonds. The molecule has 0 spiro atoms. The van der Waals surface area contributed by atoms with Crippen LogP contribution in [0.15, 0.2) is 41.9 Å². The molecule has 0 aliphatic carbocycles. The molecule has 0 fully saturated rings. The molecule has 0 radical (unpaired) electrons. The first-order valence-corrected chi connectivity index (χ1v) is 11.5. The molecule has 0 aliphatic rings. The normalized spacial score (nSPS) is 12.6. The molecule has 9 heteroatoms.